The fourth-order valence-corrected chi connectivity index (χ4v) is 6.72. The highest BCUT2D eigenvalue weighted by Gasteiger charge is 2.46. The number of phosphoric acid groups is 1. The summed E-state index contributed by atoms with van der Waals surface area (Å²) in [6.07, 6.45) is 2.40. The van der Waals surface area contributed by atoms with Gasteiger partial charge in [-0.05, 0) is 61.4 Å². The second-order valence-electron chi connectivity index (χ2n) is 11.2. The first-order valence-electron chi connectivity index (χ1n) is 14.2. The molecule has 2 aromatic rings. The normalized spacial score (nSPS) is 20.7. The van der Waals surface area contributed by atoms with Crippen molar-refractivity contribution in [3.05, 3.63) is 69.7 Å². The molecule has 15 heteroatoms. The van der Waals surface area contributed by atoms with E-state index in [0.29, 0.717) is 42.4 Å². The monoisotopic (exact) mass is 651 g/mol. The molecular formula is C29H29ClF2N3O8P. The fraction of sp³-hybridized carbons (Fsp3) is 0.448. The summed E-state index contributed by atoms with van der Waals surface area (Å²) >= 11 is 5.75. The summed E-state index contributed by atoms with van der Waals surface area (Å²) in [7, 11) is -3.99. The Morgan fingerprint density at radius 1 is 1.00 bits per heavy atom. The van der Waals surface area contributed by atoms with Crippen molar-refractivity contribution < 1.29 is 46.1 Å². The molecule has 6 rings (SSSR count). The number of alkyl halides is 2. The van der Waals surface area contributed by atoms with Crippen LogP contribution in [0.2, 0.25) is 5.02 Å². The van der Waals surface area contributed by atoms with Crippen LogP contribution in [0.5, 0.6) is 0 Å². The lowest BCUT2D eigenvalue weighted by atomic mass is 10.0. The van der Waals surface area contributed by atoms with Crippen LogP contribution < -0.4 is 5.32 Å². The van der Waals surface area contributed by atoms with Crippen LogP contribution in [0.4, 0.5) is 8.78 Å². The highest BCUT2D eigenvalue weighted by atomic mass is 35.5. The summed E-state index contributed by atoms with van der Waals surface area (Å²) in [4.78, 5) is 53.8. The molecule has 2 aromatic carbocycles. The van der Waals surface area contributed by atoms with Crippen molar-refractivity contribution in [3.8, 4) is 0 Å². The number of halogens is 3. The zero-order chi connectivity index (χ0) is 31.2. The van der Waals surface area contributed by atoms with Gasteiger partial charge in [0.2, 0.25) is 5.91 Å². The van der Waals surface area contributed by atoms with Gasteiger partial charge in [-0.15, -0.1) is 0 Å². The van der Waals surface area contributed by atoms with Crippen molar-refractivity contribution >= 4 is 43.1 Å². The van der Waals surface area contributed by atoms with Crippen LogP contribution in [0.25, 0.3) is 0 Å². The Kier molecular flexibility index (Phi) is 8.36. The summed E-state index contributed by atoms with van der Waals surface area (Å²) in [6, 6.07) is 8.36. The van der Waals surface area contributed by atoms with Gasteiger partial charge in [0.1, 0.15) is 12.8 Å². The first-order valence-corrected chi connectivity index (χ1v) is 16.1. The number of carbonyl (C=O) groups excluding carboxylic acids is 4. The molecule has 0 bridgehead atoms. The lowest BCUT2D eigenvalue weighted by molar-refractivity contribution is -0.156. The van der Waals surface area contributed by atoms with Gasteiger partial charge in [-0.25, -0.2) is 4.57 Å². The average molecular weight is 652 g/mol. The molecule has 1 saturated heterocycles. The summed E-state index contributed by atoms with van der Waals surface area (Å²) in [5, 5.41) is 2.49. The molecule has 1 atom stereocenters. The molecule has 2 aliphatic carbocycles. The van der Waals surface area contributed by atoms with Gasteiger partial charge in [0.05, 0.1) is 12.2 Å². The van der Waals surface area contributed by atoms with Crippen LogP contribution in [-0.4, -0.2) is 58.4 Å². The minimum atomic E-state index is -3.99. The minimum Gasteiger partial charge on any atom is -0.346 e. The summed E-state index contributed by atoms with van der Waals surface area (Å²) < 4.78 is 58.8. The van der Waals surface area contributed by atoms with Gasteiger partial charge in [0, 0.05) is 35.7 Å². The molecule has 3 fully saturated rings. The molecule has 44 heavy (non-hydrogen) atoms. The van der Waals surface area contributed by atoms with Crippen molar-refractivity contribution in [2.45, 2.75) is 75.8 Å². The Bertz CT molecular complexity index is 1530. The van der Waals surface area contributed by atoms with Crippen molar-refractivity contribution in [2.75, 3.05) is 6.73 Å². The van der Waals surface area contributed by atoms with Crippen LogP contribution in [0.1, 0.15) is 65.6 Å². The van der Waals surface area contributed by atoms with Crippen LogP contribution in [0.15, 0.2) is 42.5 Å². The van der Waals surface area contributed by atoms with Crippen LogP contribution in [0, 0.1) is 0 Å². The average Bonchev–Trinajstić information content (AvgIpc) is 3.93. The van der Waals surface area contributed by atoms with E-state index in [1.807, 2.05) is 0 Å². The number of fused-ring (bicyclic) bond motifs is 1. The quantitative estimate of drug-likeness (QED) is 0.259. The molecule has 2 saturated carbocycles. The Morgan fingerprint density at radius 3 is 2.30 bits per heavy atom. The predicted molar refractivity (Wildman–Crippen MR) is 150 cm³/mol. The number of likely N-dealkylation sites (tertiary alicyclic amines) is 1. The molecule has 2 aliphatic heterocycles. The Balaban J connectivity index is 1.09. The van der Waals surface area contributed by atoms with Crippen LogP contribution >= 0.6 is 19.4 Å². The van der Waals surface area contributed by atoms with E-state index in [1.54, 1.807) is 6.07 Å². The molecule has 1 unspecified atom stereocenters. The molecule has 4 amide bonds. The van der Waals surface area contributed by atoms with Crippen molar-refractivity contribution in [1.29, 1.82) is 0 Å². The van der Waals surface area contributed by atoms with Gasteiger partial charge >= 0.3 is 13.7 Å². The van der Waals surface area contributed by atoms with Gasteiger partial charge in [-0.1, -0.05) is 35.9 Å². The fourth-order valence-electron chi connectivity index (χ4n) is 5.01. The maximum absolute atomic E-state index is 14.6. The van der Waals surface area contributed by atoms with E-state index in [2.05, 4.69) is 5.32 Å². The maximum atomic E-state index is 14.6. The summed E-state index contributed by atoms with van der Waals surface area (Å²) in [6.45, 7) is -0.827. The van der Waals surface area contributed by atoms with Gasteiger partial charge in [0.25, 0.3) is 17.7 Å². The highest BCUT2D eigenvalue weighted by molar-refractivity contribution is 7.48. The first kappa shape index (κ1) is 30.8. The summed E-state index contributed by atoms with van der Waals surface area (Å²) in [5.41, 5.74) is 0.831. The molecule has 1 N–H and O–H groups in total. The Labute approximate surface area is 256 Å². The van der Waals surface area contributed by atoms with Crippen molar-refractivity contribution in [1.82, 2.24) is 15.1 Å². The van der Waals surface area contributed by atoms with E-state index < -0.39 is 55.7 Å². The number of phosphoric ester groups is 1. The largest absolute Gasteiger partial charge is 0.477 e. The molecule has 0 spiro atoms. The number of nitrogens with zero attached hydrogens (tertiary/aromatic N) is 2. The van der Waals surface area contributed by atoms with E-state index in [1.165, 1.54) is 29.2 Å². The SMILES string of the molecule is O=C1CCC(N2Cc3cc(CNC(=O)C(F)(F)c4ccc(Cl)cc4)ccc3C2=O)C(=O)N1COP(=O)(OC1CC1)OC1CC1. The smallest absolute Gasteiger partial charge is 0.346 e. The number of benzene rings is 2. The number of imide groups is 1. The maximum Gasteiger partial charge on any atom is 0.477 e. The number of hydrogen-bond donors (Lipinski definition) is 1. The number of rotatable bonds is 12. The zero-order valence-electron chi connectivity index (χ0n) is 23.4. The lowest BCUT2D eigenvalue weighted by Crippen LogP contribution is -2.55. The number of hydrogen-bond acceptors (Lipinski definition) is 8. The van der Waals surface area contributed by atoms with E-state index >= 15 is 0 Å². The third-order valence-electron chi connectivity index (χ3n) is 7.76. The highest BCUT2D eigenvalue weighted by Crippen LogP contribution is 2.57. The van der Waals surface area contributed by atoms with E-state index in [0.717, 1.165) is 17.0 Å². The zero-order valence-corrected chi connectivity index (χ0v) is 25.0. The number of nitrogens with one attached hydrogen (secondary N) is 1. The molecule has 4 aliphatic rings. The molecular weight excluding hydrogens is 623 g/mol. The molecule has 11 nitrogen and oxygen atoms in total. The predicted octanol–water partition coefficient (Wildman–Crippen LogP) is 4.66. The van der Waals surface area contributed by atoms with Crippen molar-refractivity contribution in [2.24, 2.45) is 0 Å². The number of carbonyl (C=O) groups is 4. The van der Waals surface area contributed by atoms with Crippen molar-refractivity contribution in [3.63, 3.8) is 0 Å². The second-order valence-corrected chi connectivity index (χ2v) is 13.2. The standard InChI is InChI=1S/C29H29ClF2N3O8P/c30-20-4-2-19(3-5-20)29(31,32)28(39)33-14-17-1-10-23-18(13-17)15-34(26(23)37)24-11-12-25(36)35(27(24)38)16-41-44(40,42-21-6-7-21)43-22-8-9-22/h1-5,10,13,21-22,24H,6-9,11-12,14-16H2,(H,33,39). The van der Waals surface area contributed by atoms with Crippen LogP contribution in [0.3, 0.4) is 0 Å². The van der Waals surface area contributed by atoms with Gasteiger partial charge in [0.15, 0.2) is 0 Å². The Hall–Kier alpha value is -3.22. The molecule has 0 aromatic heterocycles. The number of amides is 4. The lowest BCUT2D eigenvalue weighted by Gasteiger charge is -2.35. The van der Waals surface area contributed by atoms with E-state index in [9.17, 15) is 32.5 Å². The molecule has 2 heterocycles. The Morgan fingerprint density at radius 2 is 1.66 bits per heavy atom. The second kappa shape index (κ2) is 11.9. The molecule has 0 radical (unpaired) electrons. The third-order valence-corrected chi connectivity index (χ3v) is 9.55. The number of piperidine rings is 1. The van der Waals surface area contributed by atoms with Crippen LogP contribution in [-0.2, 0) is 51.5 Å². The van der Waals surface area contributed by atoms with Gasteiger partial charge < -0.3 is 10.2 Å². The summed E-state index contributed by atoms with van der Waals surface area (Å²) in [5.74, 6) is -6.92. The van der Waals surface area contributed by atoms with E-state index in [-0.39, 0.29) is 43.2 Å². The minimum absolute atomic E-state index is 0.0320. The first-order chi connectivity index (χ1) is 20.9. The van der Waals surface area contributed by atoms with Gasteiger partial charge in [-0.3, -0.25) is 37.6 Å². The molecule has 234 valence electrons. The van der Waals surface area contributed by atoms with Gasteiger partial charge in [-0.2, -0.15) is 8.78 Å². The third kappa shape index (κ3) is 6.57. The topological polar surface area (TPSA) is 132 Å². The van der Waals surface area contributed by atoms with E-state index in [4.69, 9.17) is 25.2 Å².